The highest BCUT2D eigenvalue weighted by atomic mass is 35.5. The number of nitrogens with zero attached hydrogens (tertiary/aromatic N) is 1. The summed E-state index contributed by atoms with van der Waals surface area (Å²) in [6.45, 7) is 0.728. The van der Waals surface area contributed by atoms with Gasteiger partial charge in [0.05, 0.1) is 16.1 Å². The first kappa shape index (κ1) is 24.4. The minimum absolute atomic E-state index is 0.00104. The van der Waals surface area contributed by atoms with Crippen LogP contribution < -0.4 is 10.6 Å². The van der Waals surface area contributed by atoms with Gasteiger partial charge < -0.3 is 10.6 Å². The number of carbonyl (C=O) groups excluding carboxylic acids is 1. The van der Waals surface area contributed by atoms with E-state index < -0.39 is 17.6 Å². The summed E-state index contributed by atoms with van der Waals surface area (Å²) in [5.74, 6) is 0.568. The average Bonchev–Trinajstić information content (AvgIpc) is 3.27. The number of anilines is 1. The highest BCUT2D eigenvalue weighted by Gasteiger charge is 2.32. The van der Waals surface area contributed by atoms with Gasteiger partial charge in [0.2, 0.25) is 0 Å². The number of hydrogen-bond acceptors (Lipinski definition) is 3. The van der Waals surface area contributed by atoms with Gasteiger partial charge in [-0.2, -0.15) is 18.3 Å². The topological polar surface area (TPSA) is 69.8 Å². The maximum atomic E-state index is 13.0. The second kappa shape index (κ2) is 10.3. The minimum Gasteiger partial charge on any atom is -0.368 e. The lowest BCUT2D eigenvalue weighted by atomic mass is 9.86. The molecule has 3 N–H and O–H groups in total. The van der Waals surface area contributed by atoms with Crippen molar-refractivity contribution in [3.63, 3.8) is 0 Å². The molecule has 5 nitrogen and oxygen atoms in total. The second-order valence-electron chi connectivity index (χ2n) is 8.42. The Bertz CT molecular complexity index is 1140. The van der Waals surface area contributed by atoms with Gasteiger partial charge in [0, 0.05) is 29.4 Å². The maximum absolute atomic E-state index is 13.0. The van der Waals surface area contributed by atoms with E-state index in [2.05, 4.69) is 20.8 Å². The van der Waals surface area contributed by atoms with Crippen molar-refractivity contribution in [3.8, 4) is 11.1 Å². The molecule has 0 unspecified atom stereocenters. The Morgan fingerprint density at radius 2 is 1.76 bits per heavy atom. The summed E-state index contributed by atoms with van der Waals surface area (Å²) in [5.41, 5.74) is 0.901. The van der Waals surface area contributed by atoms with E-state index in [1.54, 1.807) is 0 Å². The Morgan fingerprint density at radius 3 is 2.44 bits per heavy atom. The Morgan fingerprint density at radius 1 is 1.06 bits per heavy atom. The predicted octanol–water partition coefficient (Wildman–Crippen LogP) is 6.80. The lowest BCUT2D eigenvalue weighted by Gasteiger charge is -2.29. The molecule has 1 heterocycles. The zero-order chi connectivity index (χ0) is 24.3. The molecular formula is C24H23Cl2F3N4O. The van der Waals surface area contributed by atoms with Crippen LogP contribution in [0.15, 0.2) is 48.7 Å². The van der Waals surface area contributed by atoms with E-state index in [1.165, 1.54) is 0 Å². The number of amides is 1. The molecule has 10 heteroatoms. The normalized spacial score (nSPS) is 18.5. The average molecular weight is 511 g/mol. The minimum atomic E-state index is -4.54. The molecule has 4 rings (SSSR count). The fraction of sp³-hybridized carbons (Fsp3) is 0.333. The van der Waals surface area contributed by atoms with Gasteiger partial charge in [0.15, 0.2) is 5.82 Å². The number of alkyl halides is 3. The van der Waals surface area contributed by atoms with Crippen LogP contribution in [0.1, 0.15) is 41.6 Å². The van der Waals surface area contributed by atoms with Crippen molar-refractivity contribution in [1.29, 1.82) is 0 Å². The molecule has 0 atom stereocenters. The van der Waals surface area contributed by atoms with Crippen LogP contribution in [-0.2, 0) is 6.18 Å². The zero-order valence-corrected chi connectivity index (χ0v) is 19.6. The van der Waals surface area contributed by atoms with Crippen molar-refractivity contribution >= 4 is 34.9 Å². The molecule has 0 spiro atoms. The van der Waals surface area contributed by atoms with Crippen molar-refractivity contribution in [2.45, 2.75) is 37.9 Å². The van der Waals surface area contributed by atoms with Gasteiger partial charge in [-0.3, -0.25) is 9.89 Å². The van der Waals surface area contributed by atoms with Gasteiger partial charge >= 0.3 is 6.18 Å². The van der Waals surface area contributed by atoms with Gasteiger partial charge in [-0.25, -0.2) is 0 Å². The molecule has 0 radical (unpaired) electrons. The summed E-state index contributed by atoms with van der Waals surface area (Å²) in [6.07, 6.45) is 0.506. The number of rotatable bonds is 6. The number of nitrogens with one attached hydrogen (secondary N) is 3. The van der Waals surface area contributed by atoms with Gasteiger partial charge in [-0.1, -0.05) is 35.3 Å². The Kier molecular flexibility index (Phi) is 7.38. The molecular weight excluding hydrogens is 488 g/mol. The number of hydrogen-bond donors (Lipinski definition) is 3. The first-order valence-electron chi connectivity index (χ1n) is 10.9. The summed E-state index contributed by atoms with van der Waals surface area (Å²) in [7, 11) is 0. The molecule has 1 aliphatic rings. The molecule has 0 aliphatic heterocycles. The fourth-order valence-electron chi connectivity index (χ4n) is 4.16. The molecule has 0 bridgehead atoms. The molecule has 1 amide bonds. The SMILES string of the molecule is O=C(N[C@H]1CC[C@H](CNc2n[nH]cc2-c2ccc(Cl)cc2)CC1)c1cc(C(F)(F)F)ccc1Cl. The van der Waals surface area contributed by atoms with Crippen LogP contribution in [0.5, 0.6) is 0 Å². The summed E-state index contributed by atoms with van der Waals surface area (Å²) in [4.78, 5) is 12.6. The quantitative estimate of drug-likeness (QED) is 0.341. The van der Waals surface area contributed by atoms with Gasteiger partial charge in [-0.05, 0) is 67.5 Å². The van der Waals surface area contributed by atoms with Gasteiger partial charge in [0.25, 0.3) is 5.91 Å². The number of H-pyrrole nitrogens is 1. The van der Waals surface area contributed by atoms with E-state index in [9.17, 15) is 18.0 Å². The molecule has 0 saturated heterocycles. The first-order valence-corrected chi connectivity index (χ1v) is 11.7. The van der Waals surface area contributed by atoms with Crippen molar-refractivity contribution < 1.29 is 18.0 Å². The molecule has 2 aromatic carbocycles. The third kappa shape index (κ3) is 5.85. The first-order chi connectivity index (χ1) is 16.2. The van der Waals surface area contributed by atoms with Crippen LogP contribution in [0, 0.1) is 5.92 Å². The van der Waals surface area contributed by atoms with Crippen LogP contribution in [0.3, 0.4) is 0 Å². The summed E-state index contributed by atoms with van der Waals surface area (Å²) in [5, 5.41) is 14.1. The molecule has 1 saturated carbocycles. The van der Waals surface area contributed by atoms with E-state index in [4.69, 9.17) is 23.2 Å². The largest absolute Gasteiger partial charge is 0.416 e. The number of halogens is 5. The lowest BCUT2D eigenvalue weighted by Crippen LogP contribution is -2.38. The highest BCUT2D eigenvalue weighted by molar-refractivity contribution is 6.33. The van der Waals surface area contributed by atoms with E-state index in [0.717, 1.165) is 67.4 Å². The molecule has 1 fully saturated rings. The molecule has 1 aromatic heterocycles. The maximum Gasteiger partial charge on any atom is 0.416 e. The van der Waals surface area contributed by atoms with Crippen LogP contribution in [0.2, 0.25) is 10.0 Å². The summed E-state index contributed by atoms with van der Waals surface area (Å²) < 4.78 is 39.0. The Hall–Kier alpha value is -2.71. The van der Waals surface area contributed by atoms with E-state index in [0.29, 0.717) is 10.9 Å². The number of benzene rings is 2. The highest BCUT2D eigenvalue weighted by Crippen LogP contribution is 2.33. The Labute approximate surface area is 205 Å². The Balaban J connectivity index is 1.29. The second-order valence-corrected chi connectivity index (χ2v) is 9.26. The third-order valence-electron chi connectivity index (χ3n) is 6.07. The van der Waals surface area contributed by atoms with E-state index >= 15 is 0 Å². The number of aromatic nitrogens is 2. The lowest BCUT2D eigenvalue weighted by molar-refractivity contribution is -0.137. The van der Waals surface area contributed by atoms with Crippen molar-refractivity contribution in [3.05, 3.63) is 69.8 Å². The van der Waals surface area contributed by atoms with Crippen LogP contribution in [-0.4, -0.2) is 28.7 Å². The van der Waals surface area contributed by atoms with Crippen molar-refractivity contribution in [2.75, 3.05) is 11.9 Å². The van der Waals surface area contributed by atoms with Crippen molar-refractivity contribution in [2.24, 2.45) is 5.92 Å². The zero-order valence-electron chi connectivity index (χ0n) is 18.1. The van der Waals surface area contributed by atoms with Gasteiger partial charge in [0.1, 0.15) is 0 Å². The summed E-state index contributed by atoms with van der Waals surface area (Å²) >= 11 is 12.0. The monoisotopic (exact) mass is 510 g/mol. The summed E-state index contributed by atoms with van der Waals surface area (Å²) in [6, 6.07) is 10.2. The molecule has 3 aromatic rings. The van der Waals surface area contributed by atoms with E-state index in [1.807, 2.05) is 30.5 Å². The van der Waals surface area contributed by atoms with Crippen LogP contribution in [0.25, 0.3) is 11.1 Å². The molecule has 34 heavy (non-hydrogen) atoms. The van der Waals surface area contributed by atoms with Gasteiger partial charge in [-0.15, -0.1) is 0 Å². The third-order valence-corrected chi connectivity index (χ3v) is 6.66. The number of carbonyl (C=O) groups is 1. The smallest absolute Gasteiger partial charge is 0.368 e. The van der Waals surface area contributed by atoms with Crippen LogP contribution >= 0.6 is 23.2 Å². The fourth-order valence-corrected chi connectivity index (χ4v) is 4.49. The van der Waals surface area contributed by atoms with E-state index in [-0.39, 0.29) is 16.6 Å². The molecule has 180 valence electrons. The van der Waals surface area contributed by atoms with Crippen LogP contribution in [0.4, 0.5) is 19.0 Å². The molecule has 1 aliphatic carbocycles. The van der Waals surface area contributed by atoms with Crippen molar-refractivity contribution in [1.82, 2.24) is 15.5 Å². The standard InChI is InChI=1S/C24H23Cl2F3N4O/c25-17-6-3-15(4-7-17)20-13-31-33-22(20)30-12-14-1-8-18(9-2-14)32-23(34)19-11-16(24(27,28)29)5-10-21(19)26/h3-7,10-11,13-14,18H,1-2,8-9,12H2,(H,32,34)(H2,30,31,33)/t14-,18-. The predicted molar refractivity (Wildman–Crippen MR) is 127 cm³/mol. The number of aromatic amines is 1.